The molecule has 2 fully saturated rings. The predicted molar refractivity (Wildman–Crippen MR) is 116 cm³/mol. The molecule has 0 radical (unpaired) electrons. The molecule has 0 saturated heterocycles. The molecule has 0 aromatic heterocycles. The lowest BCUT2D eigenvalue weighted by molar-refractivity contribution is -0.140. The molecule has 2 aromatic carbocycles. The van der Waals surface area contributed by atoms with Crippen LogP contribution in [0.25, 0.3) is 0 Å². The lowest BCUT2D eigenvalue weighted by atomic mass is 9.64. The van der Waals surface area contributed by atoms with Crippen LogP contribution in [-0.4, -0.2) is 17.4 Å². The van der Waals surface area contributed by atoms with E-state index in [9.17, 15) is 9.59 Å². The number of carbonyl (C=O) groups is 2. The maximum atomic E-state index is 13.6. The number of carbonyl (C=O) groups excluding carboxylic acids is 2. The summed E-state index contributed by atoms with van der Waals surface area (Å²) in [5, 5.41) is 7.55. The topological polar surface area (TPSA) is 70.6 Å². The molecule has 2 N–H and O–H groups in total. The maximum absolute atomic E-state index is 13.6. The van der Waals surface area contributed by atoms with Gasteiger partial charge in [-0.25, -0.2) is 0 Å². The second-order valence-corrected chi connectivity index (χ2v) is 8.90. The quantitative estimate of drug-likeness (QED) is 0.583. The van der Waals surface area contributed by atoms with E-state index in [2.05, 4.69) is 22.8 Å². The van der Waals surface area contributed by atoms with Gasteiger partial charge in [-0.2, -0.15) is 5.10 Å². The molecule has 2 unspecified atom stereocenters. The number of anilines is 2. The molecule has 5 nitrogen and oxygen atoms in total. The van der Waals surface area contributed by atoms with Crippen molar-refractivity contribution in [3.05, 3.63) is 60.2 Å². The van der Waals surface area contributed by atoms with Crippen molar-refractivity contribution < 1.29 is 9.59 Å². The van der Waals surface area contributed by atoms with Crippen molar-refractivity contribution in [2.24, 2.45) is 21.3 Å². The monoisotopic (exact) mass is 389 g/mol. The van der Waals surface area contributed by atoms with Crippen molar-refractivity contribution in [1.29, 1.82) is 0 Å². The van der Waals surface area contributed by atoms with Gasteiger partial charge in [-0.05, 0) is 48.9 Å². The summed E-state index contributed by atoms with van der Waals surface area (Å²) in [5.41, 5.74) is 3.91. The lowest BCUT2D eigenvalue weighted by Gasteiger charge is -2.37. The Morgan fingerprint density at radius 1 is 0.966 bits per heavy atom. The predicted octanol–water partition coefficient (Wildman–Crippen LogP) is 4.80. The first-order chi connectivity index (χ1) is 13.7. The van der Waals surface area contributed by atoms with E-state index in [0.29, 0.717) is 12.1 Å². The average Bonchev–Trinajstić information content (AvgIpc) is 2.98. The normalized spacial score (nSPS) is 28.6. The number of nitrogens with one attached hydrogen (secondary N) is 2. The van der Waals surface area contributed by atoms with Crippen LogP contribution in [0.2, 0.25) is 0 Å². The van der Waals surface area contributed by atoms with Crippen LogP contribution in [0.3, 0.4) is 0 Å². The summed E-state index contributed by atoms with van der Waals surface area (Å²) < 4.78 is 0. The molecule has 0 spiro atoms. The second kappa shape index (κ2) is 6.55. The minimum atomic E-state index is -1.11. The molecule has 0 heterocycles. The third kappa shape index (κ3) is 2.56. The van der Waals surface area contributed by atoms with Gasteiger partial charge in [0.25, 0.3) is 0 Å². The van der Waals surface area contributed by atoms with Crippen molar-refractivity contribution in [1.82, 2.24) is 0 Å². The first kappa shape index (κ1) is 19.4. The van der Waals surface area contributed by atoms with Gasteiger partial charge in [0.1, 0.15) is 11.1 Å². The summed E-state index contributed by atoms with van der Waals surface area (Å²) in [6.45, 7) is 8.07. The minimum Gasteiger partial charge on any atom is -0.325 e. The first-order valence-electron chi connectivity index (χ1n) is 10.1. The van der Waals surface area contributed by atoms with Crippen molar-refractivity contribution in [3.63, 3.8) is 0 Å². The van der Waals surface area contributed by atoms with Crippen molar-refractivity contribution >= 4 is 28.8 Å². The van der Waals surface area contributed by atoms with Crippen LogP contribution in [0.5, 0.6) is 0 Å². The number of hydrogen-bond acceptors (Lipinski definition) is 4. The fourth-order valence-electron chi connectivity index (χ4n) is 5.05. The molecule has 2 aliphatic rings. The zero-order valence-corrected chi connectivity index (χ0v) is 17.4. The first-order valence-corrected chi connectivity index (χ1v) is 10.1. The second-order valence-electron chi connectivity index (χ2n) is 8.90. The molecule has 2 bridgehead atoms. The smallest absolute Gasteiger partial charge is 0.239 e. The van der Waals surface area contributed by atoms with Crippen LogP contribution in [0.4, 0.5) is 11.4 Å². The number of hydrogen-bond donors (Lipinski definition) is 2. The highest BCUT2D eigenvalue weighted by atomic mass is 16.2. The van der Waals surface area contributed by atoms with Crippen LogP contribution < -0.4 is 10.7 Å². The lowest BCUT2D eigenvalue weighted by Crippen LogP contribution is -2.47. The van der Waals surface area contributed by atoms with E-state index in [4.69, 9.17) is 0 Å². The molecule has 5 heteroatoms. The van der Waals surface area contributed by atoms with E-state index >= 15 is 0 Å². The molecule has 4 rings (SSSR count). The highest BCUT2D eigenvalue weighted by Gasteiger charge is 2.76. The van der Waals surface area contributed by atoms with E-state index in [-0.39, 0.29) is 11.7 Å². The number of Topliss-reactive ketones (excluding diaryl/α,β-unsaturated/α-hetero) is 1. The van der Waals surface area contributed by atoms with Gasteiger partial charge in [0.2, 0.25) is 5.91 Å². The van der Waals surface area contributed by atoms with Crippen molar-refractivity contribution in [2.45, 2.75) is 40.5 Å². The molecule has 1 amide bonds. The van der Waals surface area contributed by atoms with Gasteiger partial charge < -0.3 is 5.32 Å². The fourth-order valence-corrected chi connectivity index (χ4v) is 5.05. The average molecular weight is 389 g/mol. The maximum Gasteiger partial charge on any atom is 0.239 e. The van der Waals surface area contributed by atoms with Crippen molar-refractivity contribution in [3.8, 4) is 0 Å². The number of fused-ring (bicyclic) bond motifs is 2. The highest BCUT2D eigenvalue weighted by molar-refractivity contribution is 6.51. The van der Waals surface area contributed by atoms with Gasteiger partial charge in [0.05, 0.1) is 5.69 Å². The molecule has 0 aliphatic heterocycles. The number of rotatable bonds is 4. The zero-order valence-electron chi connectivity index (χ0n) is 17.4. The Bertz CT molecular complexity index is 1010. The Morgan fingerprint density at radius 3 is 2.31 bits per heavy atom. The number of benzene rings is 2. The summed E-state index contributed by atoms with van der Waals surface area (Å²) in [5.74, 6) is -0.388. The highest BCUT2D eigenvalue weighted by Crippen LogP contribution is 2.69. The summed E-state index contributed by atoms with van der Waals surface area (Å²) in [6, 6.07) is 17.2. The molecule has 29 heavy (non-hydrogen) atoms. The molecular weight excluding hydrogens is 362 g/mol. The van der Waals surface area contributed by atoms with Gasteiger partial charge in [-0.15, -0.1) is 0 Å². The molecule has 2 atom stereocenters. The van der Waals surface area contributed by atoms with Crippen LogP contribution >= 0.6 is 0 Å². The fraction of sp³-hybridized carbons (Fsp3) is 0.375. The number of amides is 1. The zero-order chi connectivity index (χ0) is 20.9. The van der Waals surface area contributed by atoms with Crippen molar-refractivity contribution in [2.75, 3.05) is 10.7 Å². The molecular formula is C24H27N3O2. The van der Waals surface area contributed by atoms with E-state index in [1.165, 1.54) is 0 Å². The van der Waals surface area contributed by atoms with Crippen LogP contribution in [0.15, 0.2) is 59.7 Å². The minimum absolute atomic E-state index is 0.161. The van der Waals surface area contributed by atoms with Gasteiger partial charge in [0.15, 0.2) is 5.78 Å². The number of aryl methyl sites for hydroxylation is 1. The third-order valence-electron chi connectivity index (χ3n) is 7.42. The van der Waals surface area contributed by atoms with Crippen LogP contribution in [0, 0.1) is 23.2 Å². The van der Waals surface area contributed by atoms with E-state index in [0.717, 1.165) is 23.4 Å². The summed E-state index contributed by atoms with van der Waals surface area (Å²) in [6.07, 6.45) is 1.29. The van der Waals surface area contributed by atoms with E-state index in [1.54, 1.807) is 0 Å². The third-order valence-corrected chi connectivity index (χ3v) is 7.42. The van der Waals surface area contributed by atoms with Gasteiger partial charge in [0, 0.05) is 11.1 Å². The summed E-state index contributed by atoms with van der Waals surface area (Å²) in [7, 11) is 0. The molecule has 150 valence electrons. The standard InChI is InChI=1S/C24H27N3O2/c1-16-10-8-9-13-18(16)25-21(29)24-15-14-23(4,22(24,2)3)19(20(24)28)27-26-17-11-6-5-7-12-17/h5-13,26H,14-15H2,1-4H3,(H,25,29). The number of nitrogens with zero attached hydrogens (tertiary/aromatic N) is 1. The molecule has 2 aliphatic carbocycles. The Hall–Kier alpha value is -2.95. The van der Waals surface area contributed by atoms with Crippen LogP contribution in [0.1, 0.15) is 39.2 Å². The summed E-state index contributed by atoms with van der Waals surface area (Å²) >= 11 is 0. The largest absolute Gasteiger partial charge is 0.325 e. The molecule has 2 saturated carbocycles. The van der Waals surface area contributed by atoms with Gasteiger partial charge in [-0.1, -0.05) is 57.2 Å². The SMILES string of the molecule is Cc1ccccc1NC(=O)C12CCC(C)(C(=NNc3ccccc3)C1=O)C2(C)C. The molecule has 2 aromatic rings. The number of hydrazone groups is 1. The number of ketones is 1. The van der Waals surface area contributed by atoms with E-state index in [1.807, 2.05) is 75.4 Å². The van der Waals surface area contributed by atoms with Gasteiger partial charge in [-0.3, -0.25) is 15.0 Å². The Kier molecular flexibility index (Phi) is 4.37. The number of para-hydroxylation sites is 2. The van der Waals surface area contributed by atoms with Gasteiger partial charge >= 0.3 is 0 Å². The van der Waals surface area contributed by atoms with Crippen LogP contribution in [-0.2, 0) is 9.59 Å². The Labute approximate surface area is 171 Å². The Balaban J connectivity index is 1.71. The van der Waals surface area contributed by atoms with E-state index < -0.39 is 16.2 Å². The summed E-state index contributed by atoms with van der Waals surface area (Å²) in [4.78, 5) is 27.1. The Morgan fingerprint density at radius 2 is 1.62 bits per heavy atom.